The van der Waals surface area contributed by atoms with Crippen LogP contribution in [0.2, 0.25) is 0 Å². The van der Waals surface area contributed by atoms with Crippen molar-refractivity contribution in [2.45, 2.75) is 19.8 Å². The molecule has 2 nitrogen and oxygen atoms in total. The molecular formula is C12H12BrNO. The van der Waals surface area contributed by atoms with Crippen molar-refractivity contribution in [3.05, 3.63) is 34.4 Å². The standard InChI is InChI=1S/C12H12BrNO/c1-2-4-11-12(15)7-8-9(13)5-3-6-10(8)14-11/h3,5-7,15H,2,4H2,1H3. The molecule has 0 aliphatic carbocycles. The molecule has 0 bridgehead atoms. The van der Waals surface area contributed by atoms with Crippen LogP contribution in [0, 0.1) is 0 Å². The number of nitrogens with zero attached hydrogens (tertiary/aromatic N) is 1. The Morgan fingerprint density at radius 3 is 2.93 bits per heavy atom. The molecule has 0 aliphatic rings. The van der Waals surface area contributed by atoms with Gasteiger partial charge < -0.3 is 5.11 Å². The molecule has 0 saturated carbocycles. The maximum Gasteiger partial charge on any atom is 0.137 e. The fourth-order valence-corrected chi connectivity index (χ4v) is 2.08. The van der Waals surface area contributed by atoms with Gasteiger partial charge in [0.05, 0.1) is 11.2 Å². The van der Waals surface area contributed by atoms with E-state index >= 15 is 0 Å². The molecule has 0 unspecified atom stereocenters. The molecule has 1 N–H and O–H groups in total. The molecule has 1 heterocycles. The summed E-state index contributed by atoms with van der Waals surface area (Å²) < 4.78 is 0.964. The summed E-state index contributed by atoms with van der Waals surface area (Å²) in [7, 11) is 0. The fraction of sp³-hybridized carbons (Fsp3) is 0.250. The fourth-order valence-electron chi connectivity index (χ4n) is 1.61. The minimum atomic E-state index is 0.288. The van der Waals surface area contributed by atoms with E-state index < -0.39 is 0 Å². The summed E-state index contributed by atoms with van der Waals surface area (Å²) in [5, 5.41) is 10.7. The monoisotopic (exact) mass is 265 g/mol. The normalized spacial score (nSPS) is 10.8. The maximum atomic E-state index is 9.78. The Labute approximate surface area is 97.1 Å². The predicted molar refractivity (Wildman–Crippen MR) is 65.1 cm³/mol. The summed E-state index contributed by atoms with van der Waals surface area (Å²) in [4.78, 5) is 4.45. The van der Waals surface area contributed by atoms with E-state index in [0.29, 0.717) is 0 Å². The van der Waals surface area contributed by atoms with Crippen LogP contribution in [0.1, 0.15) is 19.0 Å². The molecule has 0 radical (unpaired) electrons. The molecule has 0 spiro atoms. The molecule has 0 saturated heterocycles. The van der Waals surface area contributed by atoms with Crippen LogP contribution in [0.4, 0.5) is 0 Å². The number of halogens is 1. The van der Waals surface area contributed by atoms with Crippen LogP contribution in [0.3, 0.4) is 0 Å². The minimum Gasteiger partial charge on any atom is -0.506 e. The molecule has 1 aromatic heterocycles. The van der Waals surface area contributed by atoms with Crippen LogP contribution in [0.5, 0.6) is 5.75 Å². The molecule has 2 aromatic rings. The molecular weight excluding hydrogens is 254 g/mol. The zero-order valence-corrected chi connectivity index (χ0v) is 10.1. The molecule has 2 rings (SSSR count). The number of hydrogen-bond acceptors (Lipinski definition) is 2. The zero-order chi connectivity index (χ0) is 10.8. The van der Waals surface area contributed by atoms with Gasteiger partial charge in [0.25, 0.3) is 0 Å². The van der Waals surface area contributed by atoms with Crippen molar-refractivity contribution in [1.82, 2.24) is 4.98 Å². The largest absolute Gasteiger partial charge is 0.506 e. The summed E-state index contributed by atoms with van der Waals surface area (Å²) in [5.41, 5.74) is 1.70. The Balaban J connectivity index is 2.65. The topological polar surface area (TPSA) is 33.1 Å². The summed E-state index contributed by atoms with van der Waals surface area (Å²) in [5.74, 6) is 0.288. The minimum absolute atomic E-state index is 0.288. The SMILES string of the molecule is CCCc1nc2cccc(Br)c2cc1O. The van der Waals surface area contributed by atoms with E-state index in [9.17, 15) is 5.11 Å². The lowest BCUT2D eigenvalue weighted by Gasteiger charge is -2.05. The first-order valence-corrected chi connectivity index (χ1v) is 5.78. The van der Waals surface area contributed by atoms with E-state index in [0.717, 1.165) is 33.9 Å². The average Bonchev–Trinajstić information content (AvgIpc) is 2.21. The Morgan fingerprint density at radius 2 is 2.20 bits per heavy atom. The third kappa shape index (κ3) is 1.97. The highest BCUT2D eigenvalue weighted by atomic mass is 79.9. The van der Waals surface area contributed by atoms with Crippen LogP contribution in [0.25, 0.3) is 10.9 Å². The smallest absolute Gasteiger partial charge is 0.137 e. The van der Waals surface area contributed by atoms with E-state index in [-0.39, 0.29) is 5.75 Å². The number of aryl methyl sites for hydroxylation is 1. The number of pyridine rings is 1. The van der Waals surface area contributed by atoms with Gasteiger partial charge in [-0.2, -0.15) is 0 Å². The Morgan fingerprint density at radius 1 is 1.40 bits per heavy atom. The van der Waals surface area contributed by atoms with E-state index in [1.165, 1.54) is 0 Å². The lowest BCUT2D eigenvalue weighted by atomic mass is 10.1. The molecule has 0 amide bonds. The first-order chi connectivity index (χ1) is 7.22. The van der Waals surface area contributed by atoms with Crippen molar-refractivity contribution in [3.63, 3.8) is 0 Å². The first kappa shape index (κ1) is 10.4. The summed E-state index contributed by atoms with van der Waals surface area (Å²) in [6, 6.07) is 7.63. The van der Waals surface area contributed by atoms with E-state index in [1.807, 2.05) is 18.2 Å². The second-order valence-electron chi connectivity index (χ2n) is 3.51. The quantitative estimate of drug-likeness (QED) is 0.899. The van der Waals surface area contributed by atoms with Crippen molar-refractivity contribution >= 4 is 26.8 Å². The van der Waals surface area contributed by atoms with Gasteiger partial charge in [0.15, 0.2) is 0 Å². The van der Waals surface area contributed by atoms with Crippen LogP contribution >= 0.6 is 15.9 Å². The van der Waals surface area contributed by atoms with Crippen molar-refractivity contribution in [1.29, 1.82) is 0 Å². The highest BCUT2D eigenvalue weighted by molar-refractivity contribution is 9.10. The van der Waals surface area contributed by atoms with E-state index in [1.54, 1.807) is 6.07 Å². The Bertz CT molecular complexity index is 496. The van der Waals surface area contributed by atoms with Gasteiger partial charge in [-0.1, -0.05) is 35.3 Å². The van der Waals surface area contributed by atoms with Crippen molar-refractivity contribution in [3.8, 4) is 5.75 Å². The Hall–Kier alpha value is -1.09. The van der Waals surface area contributed by atoms with Gasteiger partial charge in [-0.15, -0.1) is 0 Å². The average molecular weight is 266 g/mol. The highest BCUT2D eigenvalue weighted by Gasteiger charge is 2.06. The van der Waals surface area contributed by atoms with Gasteiger partial charge in [0.2, 0.25) is 0 Å². The van der Waals surface area contributed by atoms with Gasteiger partial charge in [0.1, 0.15) is 5.75 Å². The third-order valence-electron chi connectivity index (χ3n) is 2.35. The van der Waals surface area contributed by atoms with Crippen LogP contribution in [-0.2, 0) is 6.42 Å². The number of aromatic nitrogens is 1. The lowest BCUT2D eigenvalue weighted by Crippen LogP contribution is -1.91. The molecule has 3 heteroatoms. The molecule has 0 aliphatic heterocycles. The molecule has 0 atom stereocenters. The summed E-state index contributed by atoms with van der Waals surface area (Å²) in [6.45, 7) is 2.08. The first-order valence-electron chi connectivity index (χ1n) is 4.99. The van der Waals surface area contributed by atoms with Crippen LogP contribution in [0.15, 0.2) is 28.7 Å². The second kappa shape index (κ2) is 4.19. The number of hydrogen-bond donors (Lipinski definition) is 1. The van der Waals surface area contributed by atoms with Gasteiger partial charge >= 0.3 is 0 Å². The lowest BCUT2D eigenvalue weighted by molar-refractivity contribution is 0.465. The predicted octanol–water partition coefficient (Wildman–Crippen LogP) is 3.66. The number of fused-ring (bicyclic) bond motifs is 1. The van der Waals surface area contributed by atoms with E-state index in [4.69, 9.17) is 0 Å². The summed E-state index contributed by atoms with van der Waals surface area (Å²) >= 11 is 3.44. The second-order valence-corrected chi connectivity index (χ2v) is 4.37. The third-order valence-corrected chi connectivity index (χ3v) is 3.04. The van der Waals surface area contributed by atoms with Gasteiger partial charge in [-0.3, -0.25) is 0 Å². The van der Waals surface area contributed by atoms with Gasteiger partial charge in [-0.25, -0.2) is 4.98 Å². The number of aromatic hydroxyl groups is 1. The van der Waals surface area contributed by atoms with Crippen LogP contribution in [-0.4, -0.2) is 10.1 Å². The molecule has 78 valence electrons. The van der Waals surface area contributed by atoms with E-state index in [2.05, 4.69) is 27.8 Å². The molecule has 15 heavy (non-hydrogen) atoms. The number of rotatable bonds is 2. The molecule has 0 fully saturated rings. The number of benzene rings is 1. The zero-order valence-electron chi connectivity index (χ0n) is 8.50. The molecule has 1 aromatic carbocycles. The maximum absolute atomic E-state index is 9.78. The summed E-state index contributed by atoms with van der Waals surface area (Å²) in [6.07, 6.45) is 1.80. The van der Waals surface area contributed by atoms with Crippen LogP contribution < -0.4 is 0 Å². The van der Waals surface area contributed by atoms with Crippen molar-refractivity contribution in [2.75, 3.05) is 0 Å². The highest BCUT2D eigenvalue weighted by Crippen LogP contribution is 2.28. The van der Waals surface area contributed by atoms with Crippen molar-refractivity contribution < 1.29 is 5.11 Å². The Kier molecular flexibility index (Phi) is 2.91. The van der Waals surface area contributed by atoms with Gasteiger partial charge in [-0.05, 0) is 24.6 Å². The van der Waals surface area contributed by atoms with Gasteiger partial charge in [0, 0.05) is 9.86 Å². The van der Waals surface area contributed by atoms with Crippen molar-refractivity contribution in [2.24, 2.45) is 0 Å².